The van der Waals surface area contributed by atoms with E-state index in [0.29, 0.717) is 0 Å². The van der Waals surface area contributed by atoms with Gasteiger partial charge in [0.1, 0.15) is 0 Å². The van der Waals surface area contributed by atoms with Gasteiger partial charge in [-0.1, -0.05) is 19.9 Å². The molecular weight excluding hydrogens is 261 g/mol. The van der Waals surface area contributed by atoms with Crippen LogP contribution >= 0.6 is 22.9 Å². The van der Waals surface area contributed by atoms with Crippen molar-refractivity contribution in [1.29, 1.82) is 0 Å². The van der Waals surface area contributed by atoms with Crippen molar-refractivity contribution in [2.24, 2.45) is 0 Å². The number of benzene rings is 1. The summed E-state index contributed by atoms with van der Waals surface area (Å²) in [4.78, 5) is 0. The van der Waals surface area contributed by atoms with Crippen LogP contribution < -0.4 is 3.53 Å². The highest BCUT2D eigenvalue weighted by molar-refractivity contribution is 14.1. The quantitative estimate of drug-likeness (QED) is 0.658. The zero-order chi connectivity index (χ0) is 8.97. The molecule has 0 fully saturated rings. The van der Waals surface area contributed by atoms with E-state index in [4.69, 9.17) is 0 Å². The van der Waals surface area contributed by atoms with Crippen molar-refractivity contribution in [2.75, 3.05) is 3.53 Å². The van der Waals surface area contributed by atoms with Crippen LogP contribution in [0.3, 0.4) is 0 Å². The van der Waals surface area contributed by atoms with Crippen molar-refractivity contribution in [2.45, 2.75) is 26.7 Å². The molecule has 0 saturated heterocycles. The first-order valence-electron chi connectivity index (χ1n) is 4.22. The number of hydrogen-bond donors (Lipinski definition) is 1. The summed E-state index contributed by atoms with van der Waals surface area (Å²) in [6, 6.07) is 7.33. The van der Waals surface area contributed by atoms with E-state index in [-0.39, 0.29) is 0 Å². The standard InChI is InChI=1S/C10H13IN/c1-3-8-6-5-7-10(12-11)9(8)4-2/h5,7,12H,3-4H2,1-2H3. The molecule has 0 amide bonds. The van der Waals surface area contributed by atoms with Crippen molar-refractivity contribution in [1.82, 2.24) is 0 Å². The van der Waals surface area contributed by atoms with E-state index >= 15 is 0 Å². The first kappa shape index (κ1) is 9.84. The molecule has 1 rings (SSSR count). The van der Waals surface area contributed by atoms with Crippen LogP contribution in [-0.2, 0) is 12.8 Å². The van der Waals surface area contributed by atoms with Gasteiger partial charge in [-0.15, -0.1) is 0 Å². The number of anilines is 1. The normalized spacial score (nSPS) is 9.92. The molecule has 0 unspecified atom stereocenters. The zero-order valence-electron chi connectivity index (χ0n) is 7.45. The van der Waals surface area contributed by atoms with Crippen LogP contribution in [0.2, 0.25) is 0 Å². The third-order valence-electron chi connectivity index (χ3n) is 2.01. The lowest BCUT2D eigenvalue weighted by Crippen LogP contribution is -1.95. The highest BCUT2D eigenvalue weighted by atomic mass is 127. The molecule has 0 saturated carbocycles. The number of nitrogens with one attached hydrogen (secondary N) is 1. The van der Waals surface area contributed by atoms with Gasteiger partial charge in [-0.25, -0.2) is 0 Å². The highest BCUT2D eigenvalue weighted by Gasteiger charge is 2.03. The Hall–Kier alpha value is -0.250. The van der Waals surface area contributed by atoms with Crippen LogP contribution in [-0.4, -0.2) is 0 Å². The van der Waals surface area contributed by atoms with Crippen molar-refractivity contribution >= 4 is 28.6 Å². The maximum absolute atomic E-state index is 3.27. The second-order valence-corrected chi connectivity index (χ2v) is 3.19. The van der Waals surface area contributed by atoms with E-state index in [1.54, 1.807) is 0 Å². The van der Waals surface area contributed by atoms with Crippen LogP contribution in [0.15, 0.2) is 12.1 Å². The maximum Gasteiger partial charge on any atom is 0.0560 e. The number of hydrogen-bond acceptors (Lipinski definition) is 1. The van der Waals surface area contributed by atoms with E-state index in [1.807, 2.05) is 6.07 Å². The molecule has 0 atom stereocenters. The van der Waals surface area contributed by atoms with Gasteiger partial charge in [0.05, 0.1) is 22.9 Å². The fourth-order valence-electron chi connectivity index (χ4n) is 1.38. The molecule has 0 aromatic heterocycles. The van der Waals surface area contributed by atoms with Crippen molar-refractivity contribution in [3.8, 4) is 0 Å². The van der Waals surface area contributed by atoms with Crippen LogP contribution in [0, 0.1) is 6.07 Å². The molecule has 1 radical (unpaired) electrons. The van der Waals surface area contributed by atoms with Crippen molar-refractivity contribution < 1.29 is 0 Å². The molecule has 1 aromatic rings. The Labute approximate surface area is 88.1 Å². The van der Waals surface area contributed by atoms with Gasteiger partial charge in [0.15, 0.2) is 0 Å². The lowest BCUT2D eigenvalue weighted by Gasteiger charge is -2.09. The lowest BCUT2D eigenvalue weighted by atomic mass is 10.0. The smallest absolute Gasteiger partial charge is 0.0560 e. The van der Waals surface area contributed by atoms with E-state index < -0.39 is 0 Å². The third kappa shape index (κ3) is 1.91. The summed E-state index contributed by atoms with van der Waals surface area (Å²) in [7, 11) is 0. The van der Waals surface area contributed by atoms with Crippen molar-refractivity contribution in [3.05, 3.63) is 29.3 Å². The van der Waals surface area contributed by atoms with Crippen molar-refractivity contribution in [3.63, 3.8) is 0 Å². The number of aryl methyl sites for hydroxylation is 1. The molecule has 65 valence electrons. The molecule has 12 heavy (non-hydrogen) atoms. The summed E-state index contributed by atoms with van der Waals surface area (Å²) in [5, 5.41) is 0. The lowest BCUT2D eigenvalue weighted by molar-refractivity contribution is 1.04. The summed E-state index contributed by atoms with van der Waals surface area (Å²) < 4.78 is 3.17. The van der Waals surface area contributed by atoms with E-state index in [9.17, 15) is 0 Å². The fourth-order valence-corrected chi connectivity index (χ4v) is 1.89. The monoisotopic (exact) mass is 274 g/mol. The largest absolute Gasteiger partial charge is 0.328 e. The molecular formula is C10H13IN. The van der Waals surface area contributed by atoms with Gasteiger partial charge in [-0.3, -0.25) is 0 Å². The van der Waals surface area contributed by atoms with Crippen LogP contribution in [0.1, 0.15) is 25.0 Å². The molecule has 0 aliphatic heterocycles. The maximum atomic E-state index is 3.27. The summed E-state index contributed by atoms with van der Waals surface area (Å²) in [6.45, 7) is 4.35. The molecule has 0 bridgehead atoms. The van der Waals surface area contributed by atoms with Gasteiger partial charge in [-0.2, -0.15) is 0 Å². The Balaban J connectivity index is 3.13. The summed E-state index contributed by atoms with van der Waals surface area (Å²) in [5.74, 6) is 0. The predicted octanol–water partition coefficient (Wildman–Crippen LogP) is 3.37. The molecule has 2 heteroatoms. The SMILES string of the molecule is CCc1[c]ccc(NI)c1CC. The average molecular weight is 274 g/mol. The fraction of sp³-hybridized carbons (Fsp3) is 0.400. The first-order chi connectivity index (χ1) is 5.83. The minimum absolute atomic E-state index is 1.06. The zero-order valence-corrected chi connectivity index (χ0v) is 9.60. The Morgan fingerprint density at radius 1 is 1.42 bits per heavy atom. The summed E-state index contributed by atoms with van der Waals surface area (Å²) in [5.41, 5.74) is 3.96. The van der Waals surface area contributed by atoms with Gasteiger partial charge < -0.3 is 3.53 Å². The van der Waals surface area contributed by atoms with Crippen LogP contribution in [0.5, 0.6) is 0 Å². The Kier molecular flexibility index (Phi) is 3.85. The number of rotatable bonds is 3. The van der Waals surface area contributed by atoms with Crippen LogP contribution in [0.4, 0.5) is 5.69 Å². The molecule has 0 spiro atoms. The Morgan fingerprint density at radius 2 is 2.17 bits per heavy atom. The number of halogens is 1. The van der Waals surface area contributed by atoms with E-state index in [0.717, 1.165) is 12.8 Å². The second kappa shape index (κ2) is 4.70. The minimum atomic E-state index is 1.06. The molecule has 1 N–H and O–H groups in total. The summed E-state index contributed by atoms with van der Waals surface area (Å²) in [6.07, 6.45) is 2.14. The predicted molar refractivity (Wildman–Crippen MR) is 61.7 cm³/mol. The molecule has 1 nitrogen and oxygen atoms in total. The third-order valence-corrected chi connectivity index (χ3v) is 2.59. The molecule has 0 aliphatic carbocycles. The van der Waals surface area contributed by atoms with Gasteiger partial charge in [0.2, 0.25) is 0 Å². The Morgan fingerprint density at radius 3 is 2.67 bits per heavy atom. The van der Waals surface area contributed by atoms with E-state index in [2.05, 4.69) is 52.4 Å². The topological polar surface area (TPSA) is 12.0 Å². The molecule has 0 heterocycles. The highest BCUT2D eigenvalue weighted by Crippen LogP contribution is 2.21. The van der Waals surface area contributed by atoms with Gasteiger partial charge in [0.25, 0.3) is 0 Å². The second-order valence-electron chi connectivity index (χ2n) is 2.65. The first-order valence-corrected chi connectivity index (χ1v) is 5.30. The summed E-state index contributed by atoms with van der Waals surface area (Å²) >= 11 is 2.17. The van der Waals surface area contributed by atoms with Crippen LogP contribution in [0.25, 0.3) is 0 Å². The van der Waals surface area contributed by atoms with Gasteiger partial charge in [-0.05, 0) is 36.1 Å². The molecule has 0 aliphatic rings. The minimum Gasteiger partial charge on any atom is -0.328 e. The van der Waals surface area contributed by atoms with Gasteiger partial charge >= 0.3 is 0 Å². The average Bonchev–Trinajstić information content (AvgIpc) is 2.16. The van der Waals surface area contributed by atoms with E-state index in [1.165, 1.54) is 16.8 Å². The Bertz CT molecular complexity index is 236. The molecule has 1 aromatic carbocycles. The van der Waals surface area contributed by atoms with Gasteiger partial charge in [0, 0.05) is 5.69 Å².